The summed E-state index contributed by atoms with van der Waals surface area (Å²) in [4.78, 5) is 12.3. The third-order valence-electron chi connectivity index (χ3n) is 3.46. The normalized spacial score (nSPS) is 11.9. The summed E-state index contributed by atoms with van der Waals surface area (Å²) in [6.07, 6.45) is 1.50. The van der Waals surface area contributed by atoms with E-state index in [4.69, 9.17) is 11.6 Å². The van der Waals surface area contributed by atoms with Gasteiger partial charge in [-0.1, -0.05) is 23.7 Å². The minimum absolute atomic E-state index is 0.112. The number of amides is 1. The molecule has 0 radical (unpaired) electrons. The van der Waals surface area contributed by atoms with Crippen LogP contribution in [0.3, 0.4) is 0 Å². The number of aromatic nitrogens is 4. The molecule has 0 spiro atoms. The molecule has 6 nitrogen and oxygen atoms in total. The minimum Gasteiger partial charge on any atom is -0.346 e. The average Bonchev–Trinajstić information content (AvgIpc) is 3.10. The molecule has 0 fully saturated rings. The Balaban J connectivity index is 1.69. The van der Waals surface area contributed by atoms with Crippen molar-refractivity contribution >= 4 is 17.5 Å². The van der Waals surface area contributed by atoms with Crippen molar-refractivity contribution in [2.75, 3.05) is 0 Å². The van der Waals surface area contributed by atoms with E-state index in [-0.39, 0.29) is 11.9 Å². The molecule has 0 aliphatic rings. The second kappa shape index (κ2) is 6.58. The number of nitrogens with one attached hydrogen (secondary N) is 1. The summed E-state index contributed by atoms with van der Waals surface area (Å²) in [7, 11) is 0. The second-order valence-corrected chi connectivity index (χ2v) is 5.48. The molecule has 7 heteroatoms. The molecule has 1 unspecified atom stereocenters. The number of carbonyl (C=O) groups is 1. The number of halogens is 1. The second-order valence-electron chi connectivity index (χ2n) is 5.05. The molecule has 1 atom stereocenters. The minimum atomic E-state index is -0.143. The van der Waals surface area contributed by atoms with Crippen molar-refractivity contribution < 1.29 is 4.79 Å². The van der Waals surface area contributed by atoms with Crippen LogP contribution in [0.4, 0.5) is 0 Å². The van der Waals surface area contributed by atoms with Crippen molar-refractivity contribution in [3.05, 3.63) is 71.0 Å². The van der Waals surface area contributed by atoms with Gasteiger partial charge >= 0.3 is 0 Å². The van der Waals surface area contributed by atoms with Crippen LogP contribution in [0.2, 0.25) is 5.02 Å². The van der Waals surface area contributed by atoms with Gasteiger partial charge in [-0.2, -0.15) is 0 Å². The Hall–Kier alpha value is -2.73. The van der Waals surface area contributed by atoms with Gasteiger partial charge in [0.15, 0.2) is 0 Å². The first-order chi connectivity index (χ1) is 11.1. The van der Waals surface area contributed by atoms with E-state index in [1.54, 1.807) is 36.4 Å². The number of carbonyl (C=O) groups excluding carboxylic acids is 1. The molecule has 3 rings (SSSR count). The van der Waals surface area contributed by atoms with Crippen LogP contribution in [0, 0.1) is 0 Å². The Morgan fingerprint density at radius 1 is 1.13 bits per heavy atom. The van der Waals surface area contributed by atoms with E-state index in [1.807, 2.05) is 19.1 Å². The number of hydrogen-bond donors (Lipinski definition) is 1. The first-order valence-electron chi connectivity index (χ1n) is 7.03. The standard InChI is InChI=1S/C16H14ClN5O/c1-11(12-2-6-14(17)7-3-12)19-16(23)13-4-8-15(9-5-13)22-10-18-20-21-22/h2-11H,1H3,(H,19,23). The summed E-state index contributed by atoms with van der Waals surface area (Å²) in [6.45, 7) is 1.93. The Kier molecular flexibility index (Phi) is 4.34. The smallest absolute Gasteiger partial charge is 0.251 e. The van der Waals surface area contributed by atoms with Crippen LogP contribution in [0.25, 0.3) is 5.69 Å². The lowest BCUT2D eigenvalue weighted by Gasteiger charge is -2.14. The fourth-order valence-corrected chi connectivity index (χ4v) is 2.29. The highest BCUT2D eigenvalue weighted by molar-refractivity contribution is 6.30. The number of hydrogen-bond acceptors (Lipinski definition) is 4. The quantitative estimate of drug-likeness (QED) is 0.799. The fraction of sp³-hybridized carbons (Fsp3) is 0.125. The van der Waals surface area contributed by atoms with Gasteiger partial charge in [0, 0.05) is 10.6 Å². The maximum absolute atomic E-state index is 12.3. The zero-order chi connectivity index (χ0) is 16.2. The van der Waals surface area contributed by atoms with Crippen molar-refractivity contribution in [1.29, 1.82) is 0 Å². The highest BCUT2D eigenvalue weighted by atomic mass is 35.5. The van der Waals surface area contributed by atoms with Crippen LogP contribution in [0.1, 0.15) is 28.9 Å². The predicted octanol–water partition coefficient (Wildman–Crippen LogP) is 2.81. The van der Waals surface area contributed by atoms with Gasteiger partial charge < -0.3 is 5.32 Å². The van der Waals surface area contributed by atoms with Crippen LogP contribution in [-0.4, -0.2) is 26.1 Å². The molecule has 1 heterocycles. The first kappa shape index (κ1) is 15.2. The monoisotopic (exact) mass is 327 g/mol. The van der Waals surface area contributed by atoms with Crippen molar-refractivity contribution in [3.8, 4) is 5.69 Å². The summed E-state index contributed by atoms with van der Waals surface area (Å²) >= 11 is 5.87. The van der Waals surface area contributed by atoms with Gasteiger partial charge in [0.1, 0.15) is 6.33 Å². The van der Waals surface area contributed by atoms with Crippen molar-refractivity contribution in [1.82, 2.24) is 25.5 Å². The summed E-state index contributed by atoms with van der Waals surface area (Å²) in [5.41, 5.74) is 2.35. The highest BCUT2D eigenvalue weighted by Crippen LogP contribution is 2.17. The summed E-state index contributed by atoms with van der Waals surface area (Å²) in [6, 6.07) is 14.3. The lowest BCUT2D eigenvalue weighted by atomic mass is 10.1. The Bertz CT molecular complexity index is 784. The number of benzene rings is 2. The SMILES string of the molecule is CC(NC(=O)c1ccc(-n2cnnn2)cc1)c1ccc(Cl)cc1. The van der Waals surface area contributed by atoms with Crippen molar-refractivity contribution in [3.63, 3.8) is 0 Å². The third kappa shape index (κ3) is 3.54. The maximum atomic E-state index is 12.3. The highest BCUT2D eigenvalue weighted by Gasteiger charge is 2.11. The number of rotatable bonds is 4. The Labute approximate surface area is 138 Å². The first-order valence-corrected chi connectivity index (χ1v) is 7.41. The fourth-order valence-electron chi connectivity index (χ4n) is 2.16. The van der Waals surface area contributed by atoms with E-state index in [0.717, 1.165) is 11.3 Å². The van der Waals surface area contributed by atoms with E-state index < -0.39 is 0 Å². The van der Waals surface area contributed by atoms with Gasteiger partial charge in [-0.3, -0.25) is 4.79 Å². The topological polar surface area (TPSA) is 72.7 Å². The zero-order valence-electron chi connectivity index (χ0n) is 12.3. The van der Waals surface area contributed by atoms with E-state index >= 15 is 0 Å². The van der Waals surface area contributed by atoms with Crippen LogP contribution in [-0.2, 0) is 0 Å². The van der Waals surface area contributed by atoms with Crippen LogP contribution >= 0.6 is 11.6 Å². The van der Waals surface area contributed by atoms with Crippen LogP contribution < -0.4 is 5.32 Å². The van der Waals surface area contributed by atoms with Gasteiger partial charge in [0.2, 0.25) is 0 Å². The molecule has 0 aliphatic heterocycles. The maximum Gasteiger partial charge on any atom is 0.251 e. The molecule has 0 saturated carbocycles. The van der Waals surface area contributed by atoms with Crippen LogP contribution in [0.15, 0.2) is 54.9 Å². The molecular weight excluding hydrogens is 314 g/mol. The van der Waals surface area contributed by atoms with Gasteiger partial charge in [-0.25, -0.2) is 4.68 Å². The van der Waals surface area contributed by atoms with E-state index in [1.165, 1.54) is 11.0 Å². The van der Waals surface area contributed by atoms with Crippen molar-refractivity contribution in [2.45, 2.75) is 13.0 Å². The molecule has 1 N–H and O–H groups in total. The molecule has 3 aromatic rings. The molecule has 2 aromatic carbocycles. The number of tetrazole rings is 1. The summed E-state index contributed by atoms with van der Waals surface area (Å²) in [5, 5.41) is 14.6. The predicted molar refractivity (Wildman–Crippen MR) is 86.5 cm³/mol. The van der Waals surface area contributed by atoms with E-state index in [9.17, 15) is 4.79 Å². The molecule has 1 aromatic heterocycles. The molecule has 23 heavy (non-hydrogen) atoms. The molecular formula is C16H14ClN5O. The molecule has 0 aliphatic carbocycles. The Morgan fingerprint density at radius 3 is 2.43 bits per heavy atom. The summed E-state index contributed by atoms with van der Waals surface area (Å²) in [5.74, 6) is -0.143. The van der Waals surface area contributed by atoms with Gasteiger partial charge in [-0.15, -0.1) is 5.10 Å². The lowest BCUT2D eigenvalue weighted by Crippen LogP contribution is -2.26. The van der Waals surface area contributed by atoms with Gasteiger partial charge in [-0.05, 0) is 59.3 Å². The van der Waals surface area contributed by atoms with Gasteiger partial charge in [0.05, 0.1) is 11.7 Å². The molecule has 116 valence electrons. The average molecular weight is 328 g/mol. The van der Waals surface area contributed by atoms with E-state index in [2.05, 4.69) is 20.8 Å². The Morgan fingerprint density at radius 2 is 1.83 bits per heavy atom. The lowest BCUT2D eigenvalue weighted by molar-refractivity contribution is 0.0940. The number of nitrogens with zero attached hydrogens (tertiary/aromatic N) is 4. The van der Waals surface area contributed by atoms with Crippen LogP contribution in [0.5, 0.6) is 0 Å². The largest absolute Gasteiger partial charge is 0.346 e. The molecule has 1 amide bonds. The summed E-state index contributed by atoms with van der Waals surface area (Å²) < 4.78 is 1.53. The van der Waals surface area contributed by atoms with E-state index in [0.29, 0.717) is 10.6 Å². The molecule has 0 saturated heterocycles. The van der Waals surface area contributed by atoms with Gasteiger partial charge in [0.25, 0.3) is 5.91 Å². The third-order valence-corrected chi connectivity index (χ3v) is 3.71. The molecule has 0 bridgehead atoms. The zero-order valence-corrected chi connectivity index (χ0v) is 13.1. The van der Waals surface area contributed by atoms with Crippen molar-refractivity contribution in [2.24, 2.45) is 0 Å².